The SMILES string of the molecule is O=C(NCCO)c1cccc(C=Cc2ccc([N+](=O)[O-])o2)c1. The summed E-state index contributed by atoms with van der Waals surface area (Å²) in [5.41, 5.74) is 1.21. The molecule has 1 amide bonds. The van der Waals surface area contributed by atoms with Crippen molar-refractivity contribution in [2.24, 2.45) is 0 Å². The molecular weight excluding hydrogens is 288 g/mol. The fourth-order valence-electron chi connectivity index (χ4n) is 1.76. The van der Waals surface area contributed by atoms with E-state index in [1.807, 2.05) is 0 Å². The van der Waals surface area contributed by atoms with Crippen molar-refractivity contribution in [3.8, 4) is 0 Å². The molecule has 0 atom stereocenters. The largest absolute Gasteiger partial charge is 0.433 e. The lowest BCUT2D eigenvalue weighted by Crippen LogP contribution is -2.26. The topological polar surface area (TPSA) is 106 Å². The number of nitro groups is 1. The number of nitrogens with one attached hydrogen (secondary N) is 1. The summed E-state index contributed by atoms with van der Waals surface area (Å²) < 4.78 is 5.00. The summed E-state index contributed by atoms with van der Waals surface area (Å²) in [4.78, 5) is 21.7. The molecule has 0 saturated heterocycles. The van der Waals surface area contributed by atoms with Crippen LogP contribution in [-0.2, 0) is 0 Å². The van der Waals surface area contributed by atoms with E-state index >= 15 is 0 Å². The number of aliphatic hydroxyl groups excluding tert-OH is 1. The third-order valence-electron chi connectivity index (χ3n) is 2.78. The monoisotopic (exact) mass is 302 g/mol. The Morgan fingerprint density at radius 1 is 1.32 bits per heavy atom. The van der Waals surface area contributed by atoms with Crippen molar-refractivity contribution >= 4 is 23.9 Å². The summed E-state index contributed by atoms with van der Waals surface area (Å²) in [7, 11) is 0. The van der Waals surface area contributed by atoms with Crippen molar-refractivity contribution in [2.45, 2.75) is 0 Å². The minimum atomic E-state index is -0.608. The van der Waals surface area contributed by atoms with Crippen LogP contribution in [0.1, 0.15) is 21.7 Å². The molecule has 0 saturated carbocycles. The van der Waals surface area contributed by atoms with Gasteiger partial charge in [0.2, 0.25) is 0 Å². The molecule has 1 aromatic heterocycles. The molecule has 1 aromatic carbocycles. The van der Waals surface area contributed by atoms with Gasteiger partial charge >= 0.3 is 5.88 Å². The third kappa shape index (κ3) is 4.03. The van der Waals surface area contributed by atoms with Crippen LogP contribution in [0.2, 0.25) is 0 Å². The predicted molar refractivity (Wildman–Crippen MR) is 80.2 cm³/mol. The summed E-state index contributed by atoms with van der Waals surface area (Å²) in [6.45, 7) is 0.0670. The summed E-state index contributed by atoms with van der Waals surface area (Å²) in [6.07, 6.45) is 3.27. The zero-order valence-corrected chi connectivity index (χ0v) is 11.6. The van der Waals surface area contributed by atoms with Gasteiger partial charge in [-0.05, 0) is 29.8 Å². The van der Waals surface area contributed by atoms with Crippen LogP contribution in [0.15, 0.2) is 40.8 Å². The number of benzene rings is 1. The second-order valence-corrected chi connectivity index (χ2v) is 4.37. The number of carbonyl (C=O) groups excluding carboxylic acids is 1. The van der Waals surface area contributed by atoms with Gasteiger partial charge in [-0.1, -0.05) is 18.2 Å². The molecule has 0 spiro atoms. The lowest BCUT2D eigenvalue weighted by atomic mass is 10.1. The molecule has 0 fully saturated rings. The van der Waals surface area contributed by atoms with Crippen LogP contribution in [0.25, 0.3) is 12.2 Å². The normalized spacial score (nSPS) is 10.8. The van der Waals surface area contributed by atoms with Gasteiger partial charge in [-0.15, -0.1) is 0 Å². The smallest absolute Gasteiger partial charge is 0.401 e. The van der Waals surface area contributed by atoms with Crippen LogP contribution < -0.4 is 5.32 Å². The lowest BCUT2D eigenvalue weighted by Gasteiger charge is -2.03. The molecule has 7 nitrogen and oxygen atoms in total. The maximum absolute atomic E-state index is 11.8. The van der Waals surface area contributed by atoms with Crippen LogP contribution in [0.3, 0.4) is 0 Å². The van der Waals surface area contributed by atoms with Crippen molar-refractivity contribution in [1.29, 1.82) is 0 Å². The maximum atomic E-state index is 11.8. The molecule has 22 heavy (non-hydrogen) atoms. The number of hydrogen-bond acceptors (Lipinski definition) is 5. The minimum Gasteiger partial charge on any atom is -0.401 e. The molecule has 0 radical (unpaired) electrons. The van der Waals surface area contributed by atoms with Gasteiger partial charge < -0.3 is 14.8 Å². The molecule has 0 aliphatic carbocycles. The number of nitrogens with zero attached hydrogens (tertiary/aromatic N) is 1. The number of hydrogen-bond donors (Lipinski definition) is 2. The molecule has 0 bridgehead atoms. The van der Waals surface area contributed by atoms with Crippen LogP contribution in [-0.4, -0.2) is 29.1 Å². The first-order valence-electron chi connectivity index (χ1n) is 6.51. The van der Waals surface area contributed by atoms with Gasteiger partial charge in [0.25, 0.3) is 5.91 Å². The first kappa shape index (κ1) is 15.5. The summed E-state index contributed by atoms with van der Waals surface area (Å²) in [5, 5.41) is 21.8. The van der Waals surface area contributed by atoms with Crippen LogP contribution >= 0.6 is 0 Å². The Labute approximate surface area is 126 Å². The van der Waals surface area contributed by atoms with Gasteiger partial charge in [-0.2, -0.15) is 0 Å². The van der Waals surface area contributed by atoms with Gasteiger partial charge in [-0.3, -0.25) is 14.9 Å². The molecule has 1 heterocycles. The molecule has 0 unspecified atom stereocenters. The first-order valence-corrected chi connectivity index (χ1v) is 6.51. The van der Waals surface area contributed by atoms with Gasteiger partial charge in [-0.25, -0.2) is 0 Å². The maximum Gasteiger partial charge on any atom is 0.433 e. The van der Waals surface area contributed by atoms with E-state index in [1.54, 1.807) is 36.4 Å². The molecule has 2 aromatic rings. The van der Waals surface area contributed by atoms with Crippen LogP contribution in [0, 0.1) is 10.1 Å². The van der Waals surface area contributed by atoms with Crippen molar-refractivity contribution in [2.75, 3.05) is 13.2 Å². The zero-order valence-electron chi connectivity index (χ0n) is 11.6. The quantitative estimate of drug-likeness (QED) is 0.627. The Bertz CT molecular complexity index is 705. The third-order valence-corrected chi connectivity index (χ3v) is 2.78. The predicted octanol–water partition coefficient (Wildman–Crippen LogP) is 2.08. The molecule has 0 aliphatic rings. The van der Waals surface area contributed by atoms with Gasteiger partial charge in [0, 0.05) is 12.1 Å². The highest BCUT2D eigenvalue weighted by Crippen LogP contribution is 2.18. The van der Waals surface area contributed by atoms with Crippen molar-refractivity contribution in [3.05, 3.63) is 63.4 Å². The Morgan fingerprint density at radius 2 is 2.14 bits per heavy atom. The van der Waals surface area contributed by atoms with E-state index in [-0.39, 0.29) is 24.9 Å². The Balaban J connectivity index is 2.10. The van der Waals surface area contributed by atoms with Gasteiger partial charge in [0.15, 0.2) is 0 Å². The number of furan rings is 1. The van der Waals surface area contributed by atoms with E-state index in [0.717, 1.165) is 5.56 Å². The second-order valence-electron chi connectivity index (χ2n) is 4.37. The highest BCUT2D eigenvalue weighted by atomic mass is 16.6. The van der Waals surface area contributed by atoms with Crippen LogP contribution in [0.4, 0.5) is 5.88 Å². The lowest BCUT2D eigenvalue weighted by molar-refractivity contribution is -0.402. The highest BCUT2D eigenvalue weighted by molar-refractivity contribution is 5.94. The van der Waals surface area contributed by atoms with E-state index in [0.29, 0.717) is 11.3 Å². The Hall–Kier alpha value is -2.93. The van der Waals surface area contributed by atoms with E-state index < -0.39 is 4.92 Å². The average Bonchev–Trinajstić information content (AvgIpc) is 3.00. The van der Waals surface area contributed by atoms with Crippen LogP contribution in [0.5, 0.6) is 0 Å². The highest BCUT2D eigenvalue weighted by Gasteiger charge is 2.10. The van der Waals surface area contributed by atoms with Gasteiger partial charge in [0.1, 0.15) is 10.7 Å². The fraction of sp³-hybridized carbons (Fsp3) is 0.133. The first-order chi connectivity index (χ1) is 10.6. The second kappa shape index (κ2) is 7.19. The van der Waals surface area contributed by atoms with Crippen molar-refractivity contribution < 1.29 is 19.2 Å². The van der Waals surface area contributed by atoms with Gasteiger partial charge in [0.05, 0.1) is 12.7 Å². The van der Waals surface area contributed by atoms with E-state index in [2.05, 4.69) is 5.32 Å². The standard InChI is InChI=1S/C15H14N2O5/c18-9-8-16-15(19)12-3-1-2-11(10-12)4-5-13-6-7-14(22-13)17(20)21/h1-7,10,18H,8-9H2,(H,16,19). The fourth-order valence-corrected chi connectivity index (χ4v) is 1.76. The molecule has 2 rings (SSSR count). The molecule has 2 N–H and O–H groups in total. The Morgan fingerprint density at radius 3 is 2.82 bits per heavy atom. The number of aliphatic hydroxyl groups is 1. The zero-order chi connectivity index (χ0) is 15.9. The summed E-state index contributed by atoms with van der Waals surface area (Å²) in [6, 6.07) is 9.60. The van der Waals surface area contributed by atoms with Crippen molar-refractivity contribution in [1.82, 2.24) is 5.32 Å². The van der Waals surface area contributed by atoms with E-state index in [9.17, 15) is 14.9 Å². The van der Waals surface area contributed by atoms with Crippen molar-refractivity contribution in [3.63, 3.8) is 0 Å². The summed E-state index contributed by atoms with van der Waals surface area (Å²) in [5.74, 6) is -0.253. The Kier molecular flexibility index (Phi) is 5.05. The summed E-state index contributed by atoms with van der Waals surface area (Å²) >= 11 is 0. The molecule has 114 valence electrons. The molecule has 7 heteroatoms. The van der Waals surface area contributed by atoms with E-state index in [1.165, 1.54) is 12.1 Å². The number of amides is 1. The average molecular weight is 302 g/mol. The minimum absolute atomic E-state index is 0.122. The molecule has 0 aliphatic heterocycles. The molecular formula is C15H14N2O5. The van der Waals surface area contributed by atoms with E-state index in [4.69, 9.17) is 9.52 Å². The number of rotatable bonds is 6. The number of carbonyl (C=O) groups is 1.